The number of nitrogens with zero attached hydrogens (tertiary/aromatic N) is 3. The maximum absolute atomic E-state index is 13.5. The molecule has 9 heteroatoms. The Bertz CT molecular complexity index is 1120. The maximum Gasteiger partial charge on any atom is 0.248 e. The first-order chi connectivity index (χ1) is 15.4. The number of piperidine rings is 1. The van der Waals surface area contributed by atoms with Crippen LogP contribution >= 0.6 is 11.5 Å². The molecule has 4 rings (SSSR count). The first-order valence-electron chi connectivity index (χ1n) is 10.4. The Kier molecular flexibility index (Phi) is 6.18. The van der Waals surface area contributed by atoms with Crippen LogP contribution in [0.4, 0.5) is 9.52 Å². The number of carbonyl (C=O) groups excluding carboxylic acids is 2. The normalized spacial score (nSPS) is 15.4. The lowest BCUT2D eigenvalue weighted by molar-refractivity contribution is -0.130. The second-order valence-corrected chi connectivity index (χ2v) is 8.77. The molecule has 0 bridgehead atoms. The molecule has 1 saturated heterocycles. The largest absolute Gasteiger partial charge is 0.366 e. The highest BCUT2D eigenvalue weighted by Crippen LogP contribution is 2.36. The van der Waals surface area contributed by atoms with Crippen molar-refractivity contribution >= 4 is 28.5 Å². The predicted molar refractivity (Wildman–Crippen MR) is 122 cm³/mol. The Balaban J connectivity index is 1.53. The Labute approximate surface area is 189 Å². The monoisotopic (exact) mass is 453 g/mol. The Morgan fingerprint density at radius 1 is 1.19 bits per heavy atom. The van der Waals surface area contributed by atoms with Crippen LogP contribution in [0.1, 0.15) is 35.7 Å². The third-order valence-electron chi connectivity index (χ3n) is 6.03. The molecule has 1 fully saturated rings. The fourth-order valence-electron chi connectivity index (χ4n) is 4.09. The van der Waals surface area contributed by atoms with Crippen molar-refractivity contribution in [3.63, 3.8) is 0 Å². The van der Waals surface area contributed by atoms with Crippen molar-refractivity contribution in [2.75, 3.05) is 25.0 Å². The Hall–Kier alpha value is -3.33. The number of anilines is 1. The van der Waals surface area contributed by atoms with Gasteiger partial charge in [0.05, 0.1) is 0 Å². The van der Waals surface area contributed by atoms with Gasteiger partial charge >= 0.3 is 0 Å². The zero-order valence-electron chi connectivity index (χ0n) is 17.7. The van der Waals surface area contributed by atoms with Gasteiger partial charge in [-0.1, -0.05) is 24.3 Å². The number of halogens is 1. The van der Waals surface area contributed by atoms with E-state index < -0.39 is 5.91 Å². The number of nitrogens with one attached hydrogen (secondary N) is 1. The van der Waals surface area contributed by atoms with Crippen LogP contribution in [0.15, 0.2) is 48.5 Å². The summed E-state index contributed by atoms with van der Waals surface area (Å²) in [6, 6.07) is 13.5. The van der Waals surface area contributed by atoms with Gasteiger partial charge in [0.1, 0.15) is 5.82 Å². The first-order valence-corrected chi connectivity index (χ1v) is 11.1. The fourth-order valence-corrected chi connectivity index (χ4v) is 4.67. The van der Waals surface area contributed by atoms with E-state index in [9.17, 15) is 14.0 Å². The summed E-state index contributed by atoms with van der Waals surface area (Å²) in [5.74, 6) is -0.191. The third-order valence-corrected chi connectivity index (χ3v) is 6.70. The lowest BCUT2D eigenvalue weighted by Crippen LogP contribution is -2.47. The number of hydrogen-bond acceptors (Lipinski definition) is 6. The Morgan fingerprint density at radius 2 is 1.91 bits per heavy atom. The van der Waals surface area contributed by atoms with E-state index in [1.807, 2.05) is 23.1 Å². The highest BCUT2D eigenvalue weighted by molar-refractivity contribution is 7.09. The molecule has 1 aromatic heterocycles. The van der Waals surface area contributed by atoms with E-state index in [1.54, 1.807) is 25.1 Å². The van der Waals surface area contributed by atoms with Gasteiger partial charge in [-0.15, -0.1) is 0 Å². The van der Waals surface area contributed by atoms with Crippen LogP contribution in [-0.4, -0.2) is 45.7 Å². The summed E-state index contributed by atoms with van der Waals surface area (Å²) in [7, 11) is 0. The van der Waals surface area contributed by atoms with Crippen LogP contribution in [-0.2, 0) is 10.2 Å². The quantitative estimate of drug-likeness (QED) is 0.595. The summed E-state index contributed by atoms with van der Waals surface area (Å²) in [6.45, 7) is 3.46. The van der Waals surface area contributed by atoms with Crippen molar-refractivity contribution < 1.29 is 14.0 Å². The SMILES string of the molecule is CC(=O)N1CCC(CNc2nc(-c3cccc(C(N)=O)c3)ns2)(c2ccc(F)cc2)CC1. The molecule has 0 atom stereocenters. The van der Waals surface area contributed by atoms with E-state index in [1.165, 1.54) is 23.7 Å². The maximum atomic E-state index is 13.5. The average Bonchev–Trinajstić information content (AvgIpc) is 3.28. The van der Waals surface area contributed by atoms with Crippen LogP contribution in [0.5, 0.6) is 0 Å². The molecule has 0 spiro atoms. The van der Waals surface area contributed by atoms with Crippen molar-refractivity contribution in [3.8, 4) is 11.4 Å². The number of amides is 2. The van der Waals surface area contributed by atoms with E-state index >= 15 is 0 Å². The number of nitrogens with two attached hydrogens (primary N) is 1. The van der Waals surface area contributed by atoms with Crippen molar-refractivity contribution in [1.29, 1.82) is 0 Å². The minimum Gasteiger partial charge on any atom is -0.366 e. The van der Waals surface area contributed by atoms with Gasteiger partial charge in [-0.3, -0.25) is 9.59 Å². The first kappa shape index (κ1) is 21.9. The van der Waals surface area contributed by atoms with Crippen molar-refractivity contribution in [1.82, 2.24) is 14.3 Å². The van der Waals surface area contributed by atoms with Crippen LogP contribution in [0.25, 0.3) is 11.4 Å². The molecule has 0 unspecified atom stereocenters. The van der Waals surface area contributed by atoms with Crippen molar-refractivity contribution in [2.24, 2.45) is 5.73 Å². The van der Waals surface area contributed by atoms with Crippen LogP contribution in [0, 0.1) is 5.82 Å². The molecule has 166 valence electrons. The van der Waals surface area contributed by atoms with Gasteiger partial charge in [0.2, 0.25) is 16.9 Å². The van der Waals surface area contributed by atoms with Gasteiger partial charge in [0.15, 0.2) is 5.82 Å². The average molecular weight is 454 g/mol. The molecule has 3 N–H and O–H groups in total. The topological polar surface area (TPSA) is 101 Å². The van der Waals surface area contributed by atoms with Crippen LogP contribution in [0.2, 0.25) is 0 Å². The number of benzene rings is 2. The number of rotatable bonds is 6. The highest BCUT2D eigenvalue weighted by atomic mass is 32.1. The minimum absolute atomic E-state index is 0.0672. The molecule has 0 saturated carbocycles. The molecule has 1 aliphatic heterocycles. The lowest BCUT2D eigenvalue weighted by Gasteiger charge is -2.42. The van der Waals surface area contributed by atoms with E-state index in [0.717, 1.165) is 18.4 Å². The van der Waals surface area contributed by atoms with E-state index in [4.69, 9.17) is 5.73 Å². The summed E-state index contributed by atoms with van der Waals surface area (Å²) in [4.78, 5) is 29.6. The Morgan fingerprint density at radius 3 is 2.56 bits per heavy atom. The molecular formula is C23H24FN5O2S. The van der Waals surface area contributed by atoms with Crippen LogP contribution < -0.4 is 11.1 Å². The number of likely N-dealkylation sites (tertiary alicyclic amines) is 1. The van der Waals surface area contributed by atoms with E-state index in [2.05, 4.69) is 14.7 Å². The predicted octanol–water partition coefficient (Wildman–Crippen LogP) is 3.44. The minimum atomic E-state index is -0.501. The summed E-state index contributed by atoms with van der Waals surface area (Å²) >= 11 is 1.24. The molecule has 2 heterocycles. The summed E-state index contributed by atoms with van der Waals surface area (Å²) in [5.41, 5.74) is 7.27. The summed E-state index contributed by atoms with van der Waals surface area (Å²) in [6.07, 6.45) is 1.52. The van der Waals surface area contributed by atoms with Crippen molar-refractivity contribution in [3.05, 3.63) is 65.5 Å². The zero-order valence-corrected chi connectivity index (χ0v) is 18.5. The van der Waals surface area contributed by atoms with Gasteiger partial charge in [-0.2, -0.15) is 9.36 Å². The molecule has 7 nitrogen and oxygen atoms in total. The van der Waals surface area contributed by atoms with Gasteiger partial charge in [0, 0.05) is 54.6 Å². The molecule has 32 heavy (non-hydrogen) atoms. The van der Waals surface area contributed by atoms with E-state index in [-0.39, 0.29) is 17.1 Å². The third kappa shape index (κ3) is 4.62. The lowest BCUT2D eigenvalue weighted by atomic mass is 9.72. The van der Waals surface area contributed by atoms with Gasteiger partial charge in [-0.25, -0.2) is 4.39 Å². The molecule has 0 aliphatic carbocycles. The second-order valence-electron chi connectivity index (χ2n) is 8.02. The van der Waals surface area contributed by atoms with Gasteiger partial charge in [0.25, 0.3) is 0 Å². The van der Waals surface area contributed by atoms with Gasteiger partial charge < -0.3 is 16.0 Å². The zero-order chi connectivity index (χ0) is 22.7. The number of carbonyl (C=O) groups is 2. The summed E-state index contributed by atoms with van der Waals surface area (Å²) in [5, 5.41) is 4.05. The molecular weight excluding hydrogens is 429 g/mol. The van der Waals surface area contributed by atoms with Gasteiger partial charge in [-0.05, 0) is 42.7 Å². The number of hydrogen-bond donors (Lipinski definition) is 2. The highest BCUT2D eigenvalue weighted by Gasteiger charge is 2.37. The van der Waals surface area contributed by atoms with Crippen LogP contribution in [0.3, 0.4) is 0 Å². The fraction of sp³-hybridized carbons (Fsp3) is 0.304. The van der Waals surface area contributed by atoms with E-state index in [0.29, 0.717) is 41.7 Å². The standard InChI is InChI=1S/C23H24FN5O2S/c1-15(30)29-11-9-23(10-12-29,18-5-7-19(24)8-6-18)14-26-22-27-21(28-32-22)17-4-2-3-16(13-17)20(25)31/h2-8,13H,9-12,14H2,1H3,(H2,25,31)(H,26,27,28). The molecule has 3 aromatic rings. The molecule has 2 amide bonds. The number of primary amides is 1. The second kappa shape index (κ2) is 9.04. The number of aromatic nitrogens is 2. The molecule has 1 aliphatic rings. The summed E-state index contributed by atoms with van der Waals surface area (Å²) < 4.78 is 17.9. The smallest absolute Gasteiger partial charge is 0.248 e. The van der Waals surface area contributed by atoms with Crippen molar-refractivity contribution in [2.45, 2.75) is 25.2 Å². The molecule has 0 radical (unpaired) electrons. The molecule has 2 aromatic carbocycles.